The van der Waals surface area contributed by atoms with Gasteiger partial charge in [-0.15, -0.1) is 0 Å². The number of hydrogen-bond donors (Lipinski definition) is 2. The number of nitrogens with zero attached hydrogens (tertiary/aromatic N) is 1. The average molecular weight is 319 g/mol. The molecule has 2 aliphatic heterocycles. The van der Waals surface area contributed by atoms with Crippen molar-refractivity contribution in [3.63, 3.8) is 0 Å². The molecule has 3 heterocycles. The molecule has 6 nitrogen and oxygen atoms in total. The van der Waals surface area contributed by atoms with Gasteiger partial charge >= 0.3 is 0 Å². The fourth-order valence-corrected chi connectivity index (χ4v) is 3.55. The number of nitrogens with one attached hydrogen (secondary N) is 2. The van der Waals surface area contributed by atoms with E-state index in [0.29, 0.717) is 18.3 Å². The largest absolute Gasteiger partial charge is 0.459 e. The van der Waals surface area contributed by atoms with E-state index in [9.17, 15) is 9.59 Å². The second-order valence-electron chi connectivity index (χ2n) is 6.57. The summed E-state index contributed by atoms with van der Waals surface area (Å²) in [5.41, 5.74) is 0. The molecule has 3 atom stereocenters. The van der Waals surface area contributed by atoms with Crippen molar-refractivity contribution in [2.45, 2.75) is 57.2 Å². The van der Waals surface area contributed by atoms with Gasteiger partial charge in [0.15, 0.2) is 5.76 Å². The highest BCUT2D eigenvalue weighted by molar-refractivity contribution is 5.95. The van der Waals surface area contributed by atoms with E-state index in [1.165, 1.54) is 6.26 Å². The first-order valence-corrected chi connectivity index (χ1v) is 8.53. The van der Waals surface area contributed by atoms with Gasteiger partial charge in [-0.1, -0.05) is 0 Å². The fraction of sp³-hybridized carbons (Fsp3) is 0.647. The molecular weight excluding hydrogens is 294 g/mol. The maximum Gasteiger partial charge on any atom is 0.290 e. The molecule has 1 aromatic heterocycles. The lowest BCUT2D eigenvalue weighted by molar-refractivity contribution is -0.127. The van der Waals surface area contributed by atoms with E-state index in [-0.39, 0.29) is 23.9 Å². The van der Waals surface area contributed by atoms with Gasteiger partial charge in [0.1, 0.15) is 6.04 Å². The first-order valence-electron chi connectivity index (χ1n) is 8.53. The number of piperidine rings is 2. The second-order valence-corrected chi connectivity index (χ2v) is 6.57. The van der Waals surface area contributed by atoms with Crippen LogP contribution in [-0.2, 0) is 4.79 Å². The van der Waals surface area contributed by atoms with Gasteiger partial charge in [-0.25, -0.2) is 0 Å². The van der Waals surface area contributed by atoms with Gasteiger partial charge in [-0.05, 0) is 57.7 Å². The van der Waals surface area contributed by atoms with Crippen LogP contribution in [0.25, 0.3) is 0 Å². The summed E-state index contributed by atoms with van der Waals surface area (Å²) in [6, 6.07) is 3.58. The predicted molar refractivity (Wildman–Crippen MR) is 86.0 cm³/mol. The van der Waals surface area contributed by atoms with Crippen LogP contribution < -0.4 is 10.6 Å². The molecule has 0 saturated carbocycles. The lowest BCUT2D eigenvalue weighted by atomic mass is 9.97. The zero-order valence-electron chi connectivity index (χ0n) is 13.6. The predicted octanol–water partition coefficient (Wildman–Crippen LogP) is 1.53. The summed E-state index contributed by atoms with van der Waals surface area (Å²) in [4.78, 5) is 26.9. The van der Waals surface area contributed by atoms with E-state index in [2.05, 4.69) is 17.6 Å². The molecule has 3 rings (SSSR count). The third-order valence-corrected chi connectivity index (χ3v) is 4.77. The maximum absolute atomic E-state index is 12.7. The van der Waals surface area contributed by atoms with E-state index in [0.717, 1.165) is 38.6 Å². The highest BCUT2D eigenvalue weighted by Gasteiger charge is 2.34. The molecule has 0 spiro atoms. The number of carbonyl (C=O) groups excluding carboxylic acids is 2. The van der Waals surface area contributed by atoms with E-state index in [4.69, 9.17) is 4.42 Å². The van der Waals surface area contributed by atoms with Gasteiger partial charge in [0.2, 0.25) is 5.91 Å². The molecule has 0 aliphatic carbocycles. The van der Waals surface area contributed by atoms with Crippen LogP contribution in [0.15, 0.2) is 22.8 Å². The van der Waals surface area contributed by atoms with Crippen molar-refractivity contribution in [1.82, 2.24) is 15.5 Å². The molecule has 0 radical (unpaired) electrons. The molecular formula is C17H25N3O3. The molecule has 2 aliphatic rings. The minimum Gasteiger partial charge on any atom is -0.459 e. The Kier molecular flexibility index (Phi) is 5.00. The zero-order chi connectivity index (χ0) is 16.2. The Hall–Kier alpha value is -1.82. The summed E-state index contributed by atoms with van der Waals surface area (Å²) in [5, 5.41) is 6.53. The van der Waals surface area contributed by atoms with Crippen LogP contribution in [0.1, 0.15) is 49.6 Å². The normalized spacial score (nSPS) is 28.4. The highest BCUT2D eigenvalue weighted by atomic mass is 16.3. The zero-order valence-corrected chi connectivity index (χ0v) is 13.6. The molecule has 2 fully saturated rings. The van der Waals surface area contributed by atoms with Crippen LogP contribution in [0.2, 0.25) is 0 Å². The Balaban J connectivity index is 1.65. The van der Waals surface area contributed by atoms with Crippen LogP contribution in [0.5, 0.6) is 0 Å². The highest BCUT2D eigenvalue weighted by Crippen LogP contribution is 2.21. The van der Waals surface area contributed by atoms with E-state index in [1.807, 2.05) is 0 Å². The molecule has 2 amide bonds. The van der Waals surface area contributed by atoms with Gasteiger partial charge in [0.05, 0.1) is 6.26 Å². The Morgan fingerprint density at radius 3 is 2.96 bits per heavy atom. The van der Waals surface area contributed by atoms with Gasteiger partial charge in [-0.2, -0.15) is 0 Å². The quantitative estimate of drug-likeness (QED) is 0.886. The van der Waals surface area contributed by atoms with Crippen molar-refractivity contribution < 1.29 is 14.0 Å². The SMILES string of the molecule is CC1CC(NC(=O)C2CCCCN2C(=O)c2ccco2)CCN1. The van der Waals surface area contributed by atoms with Crippen LogP contribution in [-0.4, -0.2) is 47.9 Å². The lowest BCUT2D eigenvalue weighted by Crippen LogP contribution is -2.55. The molecule has 2 N–H and O–H groups in total. The van der Waals surface area contributed by atoms with E-state index in [1.54, 1.807) is 17.0 Å². The number of carbonyl (C=O) groups is 2. The minimum atomic E-state index is -0.383. The van der Waals surface area contributed by atoms with Gasteiger partial charge in [0.25, 0.3) is 5.91 Å². The fourth-order valence-electron chi connectivity index (χ4n) is 3.55. The topological polar surface area (TPSA) is 74.6 Å². The smallest absolute Gasteiger partial charge is 0.290 e. The van der Waals surface area contributed by atoms with Crippen molar-refractivity contribution in [2.75, 3.05) is 13.1 Å². The number of rotatable bonds is 3. The Bertz CT molecular complexity index is 543. The molecule has 1 aromatic rings. The first-order chi connectivity index (χ1) is 11.1. The summed E-state index contributed by atoms with van der Waals surface area (Å²) in [7, 11) is 0. The summed E-state index contributed by atoms with van der Waals surface area (Å²) in [6.07, 6.45) is 5.99. The molecule has 2 saturated heterocycles. The summed E-state index contributed by atoms with van der Waals surface area (Å²) in [5.74, 6) is 0.0948. The van der Waals surface area contributed by atoms with Gasteiger partial charge < -0.3 is 20.0 Å². The molecule has 23 heavy (non-hydrogen) atoms. The Morgan fingerprint density at radius 2 is 2.22 bits per heavy atom. The Labute approximate surface area is 136 Å². The number of furan rings is 1. The number of amides is 2. The molecule has 3 unspecified atom stereocenters. The van der Waals surface area contributed by atoms with Crippen LogP contribution in [0, 0.1) is 0 Å². The van der Waals surface area contributed by atoms with Crippen molar-refractivity contribution >= 4 is 11.8 Å². The van der Waals surface area contributed by atoms with Crippen LogP contribution in [0.3, 0.4) is 0 Å². The van der Waals surface area contributed by atoms with Gasteiger partial charge in [-0.3, -0.25) is 9.59 Å². The number of hydrogen-bond acceptors (Lipinski definition) is 4. The first kappa shape index (κ1) is 16.1. The molecule has 126 valence electrons. The maximum atomic E-state index is 12.7. The average Bonchev–Trinajstić information content (AvgIpc) is 3.08. The molecule has 0 bridgehead atoms. The summed E-state index contributed by atoms with van der Waals surface area (Å²) in [6.45, 7) is 3.66. The van der Waals surface area contributed by atoms with Crippen molar-refractivity contribution in [2.24, 2.45) is 0 Å². The van der Waals surface area contributed by atoms with E-state index >= 15 is 0 Å². The van der Waals surface area contributed by atoms with Crippen LogP contribution >= 0.6 is 0 Å². The summed E-state index contributed by atoms with van der Waals surface area (Å²) < 4.78 is 5.21. The number of likely N-dealkylation sites (tertiary alicyclic amines) is 1. The van der Waals surface area contributed by atoms with Crippen molar-refractivity contribution in [3.05, 3.63) is 24.2 Å². The van der Waals surface area contributed by atoms with Crippen molar-refractivity contribution in [3.8, 4) is 0 Å². The third kappa shape index (κ3) is 3.75. The van der Waals surface area contributed by atoms with Crippen LogP contribution in [0.4, 0.5) is 0 Å². The Morgan fingerprint density at radius 1 is 1.35 bits per heavy atom. The lowest BCUT2D eigenvalue weighted by Gasteiger charge is -2.36. The minimum absolute atomic E-state index is 0.0243. The second kappa shape index (κ2) is 7.17. The van der Waals surface area contributed by atoms with E-state index < -0.39 is 0 Å². The molecule has 0 aromatic carbocycles. The standard InChI is InChI=1S/C17H25N3O3/c1-12-11-13(7-8-18-12)19-16(21)14-5-2-3-9-20(14)17(22)15-6-4-10-23-15/h4,6,10,12-14,18H,2-3,5,7-9,11H2,1H3,(H,19,21). The molecule has 6 heteroatoms. The third-order valence-electron chi connectivity index (χ3n) is 4.77. The van der Waals surface area contributed by atoms with Gasteiger partial charge in [0, 0.05) is 18.6 Å². The monoisotopic (exact) mass is 319 g/mol. The van der Waals surface area contributed by atoms with Crippen molar-refractivity contribution in [1.29, 1.82) is 0 Å². The summed E-state index contributed by atoms with van der Waals surface area (Å²) >= 11 is 0.